The Morgan fingerprint density at radius 2 is 2.00 bits per heavy atom. The smallest absolute Gasteiger partial charge is 0.234 e. The summed E-state index contributed by atoms with van der Waals surface area (Å²) < 4.78 is 0. The number of nitrogens with zero attached hydrogens (tertiary/aromatic N) is 1. The Bertz CT molecular complexity index is 525. The molecular weight excluding hydrogens is 288 g/mol. The van der Waals surface area contributed by atoms with E-state index in [4.69, 9.17) is 0 Å². The van der Waals surface area contributed by atoms with Gasteiger partial charge in [-0.05, 0) is 50.6 Å². The fourth-order valence-corrected chi connectivity index (χ4v) is 3.56. The van der Waals surface area contributed by atoms with Crippen LogP contribution in [0.1, 0.15) is 49.3 Å². The molecule has 1 aliphatic heterocycles. The highest BCUT2D eigenvalue weighted by atomic mass is 16.3. The van der Waals surface area contributed by atoms with Gasteiger partial charge in [0.05, 0.1) is 19.2 Å². The number of rotatable bonds is 6. The maximum Gasteiger partial charge on any atom is 0.234 e. The first-order valence-corrected chi connectivity index (χ1v) is 8.88. The molecule has 1 saturated carbocycles. The molecule has 0 bridgehead atoms. The third kappa shape index (κ3) is 4.33. The summed E-state index contributed by atoms with van der Waals surface area (Å²) in [6, 6.07) is 8.78. The van der Waals surface area contributed by atoms with Crippen molar-refractivity contribution in [2.75, 3.05) is 19.7 Å². The Kier molecular flexibility index (Phi) is 5.34. The average Bonchev–Trinajstić information content (AvgIpc) is 3.39. The maximum atomic E-state index is 12.5. The van der Waals surface area contributed by atoms with E-state index in [2.05, 4.69) is 41.4 Å². The van der Waals surface area contributed by atoms with Crippen molar-refractivity contribution in [3.8, 4) is 0 Å². The number of piperidine rings is 1. The van der Waals surface area contributed by atoms with Gasteiger partial charge in [-0.1, -0.05) is 36.2 Å². The van der Waals surface area contributed by atoms with Crippen LogP contribution >= 0.6 is 0 Å². The fraction of sp³-hybridized carbons (Fsp3) is 0.632. The van der Waals surface area contributed by atoms with Crippen molar-refractivity contribution in [1.29, 1.82) is 0 Å². The number of aryl methyl sites for hydroxylation is 1. The molecule has 2 atom stereocenters. The van der Waals surface area contributed by atoms with Gasteiger partial charge in [-0.25, -0.2) is 0 Å². The van der Waals surface area contributed by atoms with E-state index in [1.165, 1.54) is 24.0 Å². The minimum absolute atomic E-state index is 0.0859. The van der Waals surface area contributed by atoms with Crippen LogP contribution in [0.15, 0.2) is 24.3 Å². The van der Waals surface area contributed by atoms with Crippen LogP contribution in [0.4, 0.5) is 0 Å². The van der Waals surface area contributed by atoms with Crippen molar-refractivity contribution in [2.24, 2.45) is 5.92 Å². The van der Waals surface area contributed by atoms with Gasteiger partial charge in [0, 0.05) is 6.04 Å². The van der Waals surface area contributed by atoms with E-state index >= 15 is 0 Å². The summed E-state index contributed by atoms with van der Waals surface area (Å²) in [5, 5.41) is 12.7. The van der Waals surface area contributed by atoms with Gasteiger partial charge < -0.3 is 10.4 Å². The van der Waals surface area contributed by atoms with E-state index < -0.39 is 0 Å². The molecule has 1 aliphatic carbocycles. The van der Waals surface area contributed by atoms with Crippen molar-refractivity contribution >= 4 is 5.91 Å². The molecule has 4 heteroatoms. The van der Waals surface area contributed by atoms with Crippen LogP contribution < -0.4 is 5.32 Å². The largest absolute Gasteiger partial charge is 0.395 e. The van der Waals surface area contributed by atoms with Gasteiger partial charge in [0.15, 0.2) is 0 Å². The minimum Gasteiger partial charge on any atom is -0.395 e. The highest BCUT2D eigenvalue weighted by Crippen LogP contribution is 2.41. The third-order valence-corrected chi connectivity index (χ3v) is 5.15. The Hall–Kier alpha value is -1.39. The summed E-state index contributed by atoms with van der Waals surface area (Å²) in [6.45, 7) is 3.55. The second-order valence-corrected chi connectivity index (χ2v) is 7.10. The predicted molar refractivity (Wildman–Crippen MR) is 91.1 cm³/mol. The first kappa shape index (κ1) is 16.5. The number of aliphatic hydroxyl groups is 1. The number of hydrogen-bond acceptors (Lipinski definition) is 3. The molecule has 2 unspecified atom stereocenters. The lowest BCUT2D eigenvalue weighted by atomic mass is 10.0. The van der Waals surface area contributed by atoms with Gasteiger partial charge in [0.2, 0.25) is 5.91 Å². The van der Waals surface area contributed by atoms with Gasteiger partial charge in [0.1, 0.15) is 0 Å². The minimum atomic E-state index is 0.0859. The molecular formula is C19H28N2O2. The van der Waals surface area contributed by atoms with Crippen LogP contribution in [0.25, 0.3) is 0 Å². The number of carbonyl (C=O) groups is 1. The summed E-state index contributed by atoms with van der Waals surface area (Å²) in [4.78, 5) is 14.7. The van der Waals surface area contributed by atoms with Crippen LogP contribution in [0, 0.1) is 12.8 Å². The molecule has 1 saturated heterocycles. The normalized spacial score (nSPS) is 23.5. The standard InChI is InChI=1S/C19H28N2O2/c1-14-5-7-15(8-6-14)19(16-9-10-16)20-18(23)12-21-11-3-2-4-17(21)13-22/h5-8,16-17,19,22H,2-4,9-13H2,1H3,(H,20,23). The summed E-state index contributed by atoms with van der Waals surface area (Å²) in [7, 11) is 0. The Balaban J connectivity index is 1.61. The maximum absolute atomic E-state index is 12.5. The van der Waals surface area contributed by atoms with E-state index in [-0.39, 0.29) is 24.6 Å². The van der Waals surface area contributed by atoms with E-state index in [9.17, 15) is 9.90 Å². The van der Waals surface area contributed by atoms with Crippen molar-refractivity contribution in [1.82, 2.24) is 10.2 Å². The van der Waals surface area contributed by atoms with Crippen LogP contribution in [-0.2, 0) is 4.79 Å². The Labute approximate surface area is 138 Å². The molecule has 0 aromatic heterocycles. The average molecular weight is 316 g/mol. The molecule has 2 aliphatic rings. The van der Waals surface area contributed by atoms with Crippen LogP contribution in [0.5, 0.6) is 0 Å². The number of likely N-dealkylation sites (tertiary alicyclic amines) is 1. The van der Waals surface area contributed by atoms with Crippen LogP contribution in [0.2, 0.25) is 0 Å². The van der Waals surface area contributed by atoms with Crippen LogP contribution in [0.3, 0.4) is 0 Å². The van der Waals surface area contributed by atoms with Crippen molar-refractivity contribution in [3.05, 3.63) is 35.4 Å². The second-order valence-electron chi connectivity index (χ2n) is 7.10. The number of carbonyl (C=O) groups excluding carboxylic acids is 1. The quantitative estimate of drug-likeness (QED) is 0.847. The van der Waals surface area contributed by atoms with Crippen molar-refractivity contribution in [2.45, 2.75) is 51.1 Å². The highest BCUT2D eigenvalue weighted by Gasteiger charge is 2.34. The lowest BCUT2D eigenvalue weighted by Gasteiger charge is -2.34. The zero-order valence-corrected chi connectivity index (χ0v) is 14.0. The third-order valence-electron chi connectivity index (χ3n) is 5.15. The molecule has 126 valence electrons. The van der Waals surface area contributed by atoms with Crippen molar-refractivity contribution in [3.63, 3.8) is 0 Å². The monoisotopic (exact) mass is 316 g/mol. The van der Waals surface area contributed by atoms with E-state index in [0.717, 1.165) is 25.8 Å². The SMILES string of the molecule is Cc1ccc(C(NC(=O)CN2CCCCC2CO)C2CC2)cc1. The molecule has 1 aromatic carbocycles. The van der Waals surface area contributed by atoms with Gasteiger partial charge in [-0.15, -0.1) is 0 Å². The lowest BCUT2D eigenvalue weighted by Crippen LogP contribution is -2.47. The molecule has 3 rings (SSSR count). The van der Waals surface area contributed by atoms with Gasteiger partial charge in [0.25, 0.3) is 0 Å². The van der Waals surface area contributed by atoms with Crippen LogP contribution in [-0.4, -0.2) is 41.7 Å². The number of hydrogen-bond donors (Lipinski definition) is 2. The van der Waals surface area contributed by atoms with E-state index in [0.29, 0.717) is 12.5 Å². The number of aliphatic hydroxyl groups excluding tert-OH is 1. The Morgan fingerprint density at radius 3 is 2.65 bits per heavy atom. The molecule has 0 radical (unpaired) electrons. The highest BCUT2D eigenvalue weighted by molar-refractivity contribution is 5.78. The van der Waals surface area contributed by atoms with Gasteiger partial charge in [-0.2, -0.15) is 0 Å². The predicted octanol–water partition coefficient (Wildman–Crippen LogP) is 2.41. The molecule has 1 aromatic rings. The summed E-state index contributed by atoms with van der Waals surface area (Å²) >= 11 is 0. The van der Waals surface area contributed by atoms with Crippen molar-refractivity contribution < 1.29 is 9.90 Å². The molecule has 1 amide bonds. The number of amides is 1. The topological polar surface area (TPSA) is 52.6 Å². The molecule has 4 nitrogen and oxygen atoms in total. The molecule has 0 spiro atoms. The lowest BCUT2D eigenvalue weighted by molar-refractivity contribution is -0.124. The zero-order valence-electron chi connectivity index (χ0n) is 14.0. The van der Waals surface area contributed by atoms with E-state index in [1.807, 2.05) is 0 Å². The molecule has 1 heterocycles. The Morgan fingerprint density at radius 1 is 1.26 bits per heavy atom. The summed E-state index contributed by atoms with van der Waals surface area (Å²) in [5.41, 5.74) is 2.46. The first-order chi connectivity index (χ1) is 11.2. The first-order valence-electron chi connectivity index (χ1n) is 8.88. The molecule has 23 heavy (non-hydrogen) atoms. The van der Waals surface area contributed by atoms with E-state index in [1.54, 1.807) is 0 Å². The van der Waals surface area contributed by atoms with Gasteiger partial charge in [-0.3, -0.25) is 9.69 Å². The zero-order chi connectivity index (χ0) is 16.2. The molecule has 2 N–H and O–H groups in total. The number of nitrogens with one attached hydrogen (secondary N) is 1. The van der Waals surface area contributed by atoms with Gasteiger partial charge >= 0.3 is 0 Å². The fourth-order valence-electron chi connectivity index (χ4n) is 3.56. The number of benzene rings is 1. The summed E-state index contributed by atoms with van der Waals surface area (Å²) in [6.07, 6.45) is 5.66. The molecule has 2 fully saturated rings. The second kappa shape index (κ2) is 7.45. The summed E-state index contributed by atoms with van der Waals surface area (Å²) in [5.74, 6) is 0.666.